The van der Waals surface area contributed by atoms with Crippen LogP contribution in [0.25, 0.3) is 0 Å². The number of benzene rings is 2. The van der Waals surface area contributed by atoms with E-state index in [0.717, 1.165) is 33.9 Å². The lowest BCUT2D eigenvalue weighted by molar-refractivity contribution is -0.116. The van der Waals surface area contributed by atoms with Gasteiger partial charge in [-0.25, -0.2) is 4.39 Å². The number of hydrogen-bond acceptors (Lipinski definition) is 2. The predicted octanol–water partition coefficient (Wildman–Crippen LogP) is 4.95. The molecular formula is C18H20FNOS. The Morgan fingerprint density at radius 3 is 2.59 bits per heavy atom. The Balaban J connectivity index is 1.74. The molecule has 1 amide bonds. The van der Waals surface area contributed by atoms with Gasteiger partial charge in [-0.2, -0.15) is 0 Å². The molecule has 0 spiro atoms. The zero-order valence-electron chi connectivity index (χ0n) is 12.9. The molecule has 4 heteroatoms. The van der Waals surface area contributed by atoms with Crippen molar-refractivity contribution in [2.24, 2.45) is 0 Å². The minimum atomic E-state index is -0.225. The van der Waals surface area contributed by atoms with Gasteiger partial charge in [-0.15, -0.1) is 11.8 Å². The smallest absolute Gasteiger partial charge is 0.224 e. The summed E-state index contributed by atoms with van der Waals surface area (Å²) in [7, 11) is 0. The van der Waals surface area contributed by atoms with E-state index in [4.69, 9.17) is 0 Å². The van der Waals surface area contributed by atoms with E-state index in [0.29, 0.717) is 6.42 Å². The number of aryl methyl sites for hydroxylation is 2. The van der Waals surface area contributed by atoms with E-state index in [1.165, 1.54) is 12.1 Å². The average molecular weight is 317 g/mol. The highest BCUT2D eigenvalue weighted by Crippen LogP contribution is 2.20. The van der Waals surface area contributed by atoms with Crippen LogP contribution in [-0.2, 0) is 4.79 Å². The van der Waals surface area contributed by atoms with Crippen LogP contribution in [0.3, 0.4) is 0 Å². The second kappa shape index (κ2) is 7.99. The van der Waals surface area contributed by atoms with Crippen molar-refractivity contribution in [3.05, 3.63) is 59.4 Å². The van der Waals surface area contributed by atoms with Crippen LogP contribution in [0.1, 0.15) is 24.0 Å². The summed E-state index contributed by atoms with van der Waals surface area (Å²) in [4.78, 5) is 13.0. The molecule has 2 nitrogen and oxygen atoms in total. The van der Waals surface area contributed by atoms with Crippen molar-refractivity contribution in [1.82, 2.24) is 0 Å². The van der Waals surface area contributed by atoms with Gasteiger partial charge in [0.15, 0.2) is 0 Å². The van der Waals surface area contributed by atoms with Crippen molar-refractivity contribution in [1.29, 1.82) is 0 Å². The lowest BCUT2D eigenvalue weighted by atomic mass is 10.1. The normalized spacial score (nSPS) is 10.5. The van der Waals surface area contributed by atoms with Crippen LogP contribution in [0, 0.1) is 19.7 Å². The topological polar surface area (TPSA) is 29.1 Å². The molecule has 2 aromatic carbocycles. The van der Waals surface area contributed by atoms with E-state index in [-0.39, 0.29) is 11.7 Å². The molecule has 0 aromatic heterocycles. The second-order valence-corrected chi connectivity index (χ2v) is 6.44. The van der Waals surface area contributed by atoms with E-state index < -0.39 is 0 Å². The minimum Gasteiger partial charge on any atom is -0.326 e. The third-order valence-corrected chi connectivity index (χ3v) is 4.40. The second-order valence-electron chi connectivity index (χ2n) is 5.27. The highest BCUT2D eigenvalue weighted by Gasteiger charge is 2.05. The first-order valence-corrected chi connectivity index (χ1v) is 8.28. The standard InChI is InChI=1S/C18H20FNOS/c1-13-5-6-14(2)17(12-13)20-18(21)4-3-11-22-16-9-7-15(19)8-10-16/h5-10,12H,3-4,11H2,1-2H3,(H,20,21). The molecule has 0 aliphatic heterocycles. The first-order valence-electron chi connectivity index (χ1n) is 7.30. The summed E-state index contributed by atoms with van der Waals surface area (Å²) in [5.41, 5.74) is 3.09. The molecule has 0 aliphatic rings. The summed E-state index contributed by atoms with van der Waals surface area (Å²) in [6, 6.07) is 12.5. The summed E-state index contributed by atoms with van der Waals surface area (Å²) < 4.78 is 12.8. The monoisotopic (exact) mass is 317 g/mol. The van der Waals surface area contributed by atoms with E-state index in [1.807, 2.05) is 32.0 Å². The van der Waals surface area contributed by atoms with E-state index >= 15 is 0 Å². The van der Waals surface area contributed by atoms with Crippen molar-refractivity contribution in [3.8, 4) is 0 Å². The molecule has 0 radical (unpaired) electrons. The van der Waals surface area contributed by atoms with Crippen LogP contribution >= 0.6 is 11.8 Å². The molecule has 0 unspecified atom stereocenters. The number of carbonyl (C=O) groups is 1. The molecule has 0 fully saturated rings. The number of thioether (sulfide) groups is 1. The predicted molar refractivity (Wildman–Crippen MR) is 90.9 cm³/mol. The zero-order chi connectivity index (χ0) is 15.9. The van der Waals surface area contributed by atoms with Crippen molar-refractivity contribution in [3.63, 3.8) is 0 Å². The lowest BCUT2D eigenvalue weighted by Crippen LogP contribution is -2.12. The maximum atomic E-state index is 12.8. The molecule has 2 rings (SSSR count). The summed E-state index contributed by atoms with van der Waals surface area (Å²) in [5.74, 6) is 0.650. The number of anilines is 1. The van der Waals surface area contributed by atoms with Gasteiger partial charge in [-0.1, -0.05) is 12.1 Å². The molecule has 0 bridgehead atoms. The molecule has 0 atom stereocenters. The van der Waals surface area contributed by atoms with E-state index in [2.05, 4.69) is 5.32 Å². The number of nitrogens with one attached hydrogen (secondary N) is 1. The number of amides is 1. The lowest BCUT2D eigenvalue weighted by Gasteiger charge is -2.09. The Hall–Kier alpha value is -1.81. The maximum Gasteiger partial charge on any atom is 0.224 e. The number of halogens is 1. The van der Waals surface area contributed by atoms with Gasteiger partial charge in [-0.05, 0) is 67.5 Å². The fraction of sp³-hybridized carbons (Fsp3) is 0.278. The largest absolute Gasteiger partial charge is 0.326 e. The molecule has 0 saturated heterocycles. The summed E-state index contributed by atoms with van der Waals surface area (Å²) in [5, 5.41) is 2.96. The fourth-order valence-corrected chi connectivity index (χ4v) is 2.89. The van der Waals surface area contributed by atoms with Gasteiger partial charge in [0.25, 0.3) is 0 Å². The Morgan fingerprint density at radius 2 is 1.86 bits per heavy atom. The van der Waals surface area contributed by atoms with Crippen molar-refractivity contribution in [2.45, 2.75) is 31.6 Å². The summed E-state index contributed by atoms with van der Waals surface area (Å²) in [6.45, 7) is 3.99. The van der Waals surface area contributed by atoms with Crippen LogP contribution in [-0.4, -0.2) is 11.7 Å². The summed E-state index contributed by atoms with van der Waals surface area (Å²) >= 11 is 1.64. The average Bonchev–Trinajstić information content (AvgIpc) is 2.49. The highest BCUT2D eigenvalue weighted by molar-refractivity contribution is 7.99. The molecule has 0 aliphatic carbocycles. The Bertz CT molecular complexity index is 640. The number of rotatable bonds is 6. The van der Waals surface area contributed by atoms with E-state index in [1.54, 1.807) is 23.9 Å². The van der Waals surface area contributed by atoms with Crippen LogP contribution < -0.4 is 5.32 Å². The first-order chi connectivity index (χ1) is 10.5. The Labute approximate surface area is 135 Å². The van der Waals surface area contributed by atoms with Crippen LogP contribution in [0.2, 0.25) is 0 Å². The van der Waals surface area contributed by atoms with Crippen LogP contribution in [0.4, 0.5) is 10.1 Å². The summed E-state index contributed by atoms with van der Waals surface area (Å²) in [6.07, 6.45) is 1.28. The van der Waals surface area contributed by atoms with Crippen molar-refractivity contribution >= 4 is 23.4 Å². The maximum absolute atomic E-state index is 12.8. The third kappa shape index (κ3) is 5.19. The molecule has 2 aromatic rings. The van der Waals surface area contributed by atoms with Gasteiger partial charge in [0.05, 0.1) is 0 Å². The van der Waals surface area contributed by atoms with Crippen LogP contribution in [0.15, 0.2) is 47.4 Å². The van der Waals surface area contributed by atoms with Crippen LogP contribution in [0.5, 0.6) is 0 Å². The quantitative estimate of drug-likeness (QED) is 0.603. The van der Waals surface area contributed by atoms with Gasteiger partial charge in [-0.3, -0.25) is 4.79 Å². The van der Waals surface area contributed by atoms with Gasteiger partial charge < -0.3 is 5.32 Å². The molecule has 22 heavy (non-hydrogen) atoms. The SMILES string of the molecule is Cc1ccc(C)c(NC(=O)CCCSc2ccc(F)cc2)c1. The van der Waals surface area contributed by atoms with E-state index in [9.17, 15) is 9.18 Å². The Morgan fingerprint density at radius 1 is 1.14 bits per heavy atom. The first kappa shape index (κ1) is 16.6. The fourth-order valence-electron chi connectivity index (χ4n) is 2.04. The highest BCUT2D eigenvalue weighted by atomic mass is 32.2. The molecule has 0 heterocycles. The molecule has 1 N–H and O–H groups in total. The number of hydrogen-bond donors (Lipinski definition) is 1. The van der Waals surface area contributed by atoms with Gasteiger partial charge in [0.2, 0.25) is 5.91 Å². The molecular weight excluding hydrogens is 297 g/mol. The van der Waals surface area contributed by atoms with Gasteiger partial charge >= 0.3 is 0 Å². The zero-order valence-corrected chi connectivity index (χ0v) is 13.7. The minimum absolute atomic E-state index is 0.0356. The number of carbonyl (C=O) groups excluding carboxylic acids is 1. The van der Waals surface area contributed by atoms with Gasteiger partial charge in [0.1, 0.15) is 5.82 Å². The van der Waals surface area contributed by atoms with Gasteiger partial charge in [0, 0.05) is 17.0 Å². The molecule has 116 valence electrons. The van der Waals surface area contributed by atoms with Crippen molar-refractivity contribution in [2.75, 3.05) is 11.1 Å². The third-order valence-electron chi connectivity index (χ3n) is 3.30. The Kier molecular flexibility index (Phi) is 6.01. The van der Waals surface area contributed by atoms with Crippen molar-refractivity contribution < 1.29 is 9.18 Å². The molecule has 0 saturated carbocycles.